The van der Waals surface area contributed by atoms with Crippen LogP contribution < -0.4 is 10.6 Å². The van der Waals surface area contributed by atoms with E-state index in [9.17, 15) is 4.79 Å². The third-order valence-electron chi connectivity index (χ3n) is 4.18. The third kappa shape index (κ3) is 3.96. The van der Waals surface area contributed by atoms with Crippen LogP contribution in [0.2, 0.25) is 5.02 Å². The average Bonchev–Trinajstić information content (AvgIpc) is 2.48. The van der Waals surface area contributed by atoms with Gasteiger partial charge in [-0.05, 0) is 38.5 Å². The molecule has 1 aromatic rings. The summed E-state index contributed by atoms with van der Waals surface area (Å²) in [5.41, 5.74) is 0.562. The molecule has 1 atom stereocenters. The maximum atomic E-state index is 12.6. The second-order valence-corrected chi connectivity index (χ2v) is 6.48. The molecule has 5 heteroatoms. The van der Waals surface area contributed by atoms with Crippen molar-refractivity contribution in [3.05, 3.63) is 34.9 Å². The van der Waals surface area contributed by atoms with E-state index in [0.717, 1.165) is 31.7 Å². The predicted octanol–water partition coefficient (Wildman–Crippen LogP) is 2.20. The van der Waals surface area contributed by atoms with Crippen LogP contribution in [0.3, 0.4) is 0 Å². The fraction of sp³-hybridized carbons (Fsp3) is 0.562. The summed E-state index contributed by atoms with van der Waals surface area (Å²) in [6.07, 6.45) is 0. The van der Waals surface area contributed by atoms with Gasteiger partial charge in [-0.15, -0.1) is 0 Å². The second-order valence-electron chi connectivity index (χ2n) is 6.04. The van der Waals surface area contributed by atoms with Crippen molar-refractivity contribution < 1.29 is 4.79 Å². The molecule has 1 saturated heterocycles. The SMILES string of the molecule is C[C@@H](NC(=O)C(C)(C)N1CCNCC1)c1ccc(Cl)cc1. The number of carbonyl (C=O) groups is 1. The number of hydrogen-bond donors (Lipinski definition) is 2. The minimum Gasteiger partial charge on any atom is -0.348 e. The van der Waals surface area contributed by atoms with Crippen molar-refractivity contribution in [2.24, 2.45) is 0 Å². The van der Waals surface area contributed by atoms with Gasteiger partial charge in [0.25, 0.3) is 0 Å². The van der Waals surface area contributed by atoms with Gasteiger partial charge in [0.05, 0.1) is 11.6 Å². The highest BCUT2D eigenvalue weighted by Crippen LogP contribution is 2.20. The van der Waals surface area contributed by atoms with E-state index in [2.05, 4.69) is 15.5 Å². The summed E-state index contributed by atoms with van der Waals surface area (Å²) in [5.74, 6) is 0.0619. The highest BCUT2D eigenvalue weighted by Gasteiger charge is 2.35. The van der Waals surface area contributed by atoms with E-state index in [1.807, 2.05) is 45.0 Å². The number of amides is 1. The molecule has 1 aromatic carbocycles. The zero-order valence-electron chi connectivity index (χ0n) is 12.9. The Kier molecular flexibility index (Phi) is 5.25. The number of halogens is 1. The summed E-state index contributed by atoms with van der Waals surface area (Å²) in [6, 6.07) is 7.56. The Morgan fingerprint density at radius 2 is 1.86 bits per heavy atom. The average molecular weight is 310 g/mol. The van der Waals surface area contributed by atoms with E-state index < -0.39 is 5.54 Å². The van der Waals surface area contributed by atoms with Gasteiger partial charge in [-0.25, -0.2) is 0 Å². The topological polar surface area (TPSA) is 44.4 Å². The molecule has 2 N–H and O–H groups in total. The van der Waals surface area contributed by atoms with Crippen LogP contribution in [0.4, 0.5) is 0 Å². The highest BCUT2D eigenvalue weighted by atomic mass is 35.5. The van der Waals surface area contributed by atoms with E-state index in [0.29, 0.717) is 5.02 Å². The van der Waals surface area contributed by atoms with Crippen LogP contribution in [0.25, 0.3) is 0 Å². The van der Waals surface area contributed by atoms with Gasteiger partial charge >= 0.3 is 0 Å². The van der Waals surface area contributed by atoms with E-state index >= 15 is 0 Å². The van der Waals surface area contributed by atoms with Crippen LogP contribution in [0.1, 0.15) is 32.4 Å². The number of rotatable bonds is 4. The van der Waals surface area contributed by atoms with Crippen molar-refractivity contribution in [3.8, 4) is 0 Å². The molecule has 4 nitrogen and oxygen atoms in total. The largest absolute Gasteiger partial charge is 0.348 e. The van der Waals surface area contributed by atoms with Crippen LogP contribution in [-0.2, 0) is 4.79 Å². The fourth-order valence-electron chi connectivity index (χ4n) is 2.58. The molecule has 0 aliphatic carbocycles. The molecule has 21 heavy (non-hydrogen) atoms. The molecule has 0 radical (unpaired) electrons. The monoisotopic (exact) mass is 309 g/mol. The van der Waals surface area contributed by atoms with Crippen LogP contribution in [0.15, 0.2) is 24.3 Å². The number of carbonyl (C=O) groups excluding carboxylic acids is 1. The van der Waals surface area contributed by atoms with Crippen molar-refractivity contribution >= 4 is 17.5 Å². The highest BCUT2D eigenvalue weighted by molar-refractivity contribution is 6.30. The summed E-state index contributed by atoms with van der Waals surface area (Å²) in [5, 5.41) is 7.13. The summed E-state index contributed by atoms with van der Waals surface area (Å²) in [4.78, 5) is 14.8. The molecule has 2 rings (SSSR count). The first kappa shape index (κ1) is 16.3. The molecule has 1 heterocycles. The maximum absolute atomic E-state index is 12.6. The van der Waals surface area contributed by atoms with Gasteiger partial charge < -0.3 is 10.6 Å². The Bertz CT molecular complexity index is 481. The minimum atomic E-state index is -0.497. The number of hydrogen-bond acceptors (Lipinski definition) is 3. The maximum Gasteiger partial charge on any atom is 0.240 e. The minimum absolute atomic E-state index is 0.0306. The lowest BCUT2D eigenvalue weighted by Crippen LogP contribution is -2.60. The van der Waals surface area contributed by atoms with Crippen molar-refractivity contribution in [1.82, 2.24) is 15.5 Å². The molecule has 116 valence electrons. The van der Waals surface area contributed by atoms with Crippen molar-refractivity contribution in [3.63, 3.8) is 0 Å². The van der Waals surface area contributed by atoms with E-state index in [1.165, 1.54) is 0 Å². The van der Waals surface area contributed by atoms with Gasteiger partial charge in [0.15, 0.2) is 0 Å². The number of benzene rings is 1. The molecular weight excluding hydrogens is 286 g/mol. The van der Waals surface area contributed by atoms with Gasteiger partial charge in [0.2, 0.25) is 5.91 Å². The van der Waals surface area contributed by atoms with Crippen molar-refractivity contribution in [2.75, 3.05) is 26.2 Å². The van der Waals surface area contributed by atoms with Gasteiger partial charge in [-0.3, -0.25) is 9.69 Å². The summed E-state index contributed by atoms with van der Waals surface area (Å²) in [6.45, 7) is 9.64. The molecule has 1 fully saturated rings. The normalized spacial score (nSPS) is 18.3. The number of nitrogens with one attached hydrogen (secondary N) is 2. The van der Waals surface area contributed by atoms with Gasteiger partial charge in [-0.2, -0.15) is 0 Å². The van der Waals surface area contributed by atoms with Crippen LogP contribution in [-0.4, -0.2) is 42.5 Å². The quantitative estimate of drug-likeness (QED) is 0.896. The van der Waals surface area contributed by atoms with E-state index in [-0.39, 0.29) is 11.9 Å². The Morgan fingerprint density at radius 3 is 2.43 bits per heavy atom. The predicted molar refractivity (Wildman–Crippen MR) is 86.5 cm³/mol. The number of piperazine rings is 1. The summed E-state index contributed by atoms with van der Waals surface area (Å²) in [7, 11) is 0. The fourth-order valence-corrected chi connectivity index (χ4v) is 2.70. The third-order valence-corrected chi connectivity index (χ3v) is 4.43. The Hall–Kier alpha value is -1.10. The van der Waals surface area contributed by atoms with E-state index in [4.69, 9.17) is 11.6 Å². The van der Waals surface area contributed by atoms with Crippen molar-refractivity contribution in [1.29, 1.82) is 0 Å². The Labute approximate surface area is 131 Å². The van der Waals surface area contributed by atoms with Gasteiger partial charge in [0.1, 0.15) is 0 Å². The van der Waals surface area contributed by atoms with Crippen molar-refractivity contribution in [2.45, 2.75) is 32.4 Å². The van der Waals surface area contributed by atoms with E-state index in [1.54, 1.807) is 0 Å². The van der Waals surface area contributed by atoms with Gasteiger partial charge in [0, 0.05) is 31.2 Å². The lowest BCUT2D eigenvalue weighted by Gasteiger charge is -2.40. The molecular formula is C16H24ClN3O. The zero-order valence-corrected chi connectivity index (χ0v) is 13.7. The Morgan fingerprint density at radius 1 is 1.29 bits per heavy atom. The van der Waals surface area contributed by atoms with Crippen LogP contribution >= 0.6 is 11.6 Å². The molecule has 0 bridgehead atoms. The molecule has 0 saturated carbocycles. The lowest BCUT2D eigenvalue weighted by molar-refractivity contribution is -0.132. The molecule has 1 aliphatic heterocycles. The summed E-state index contributed by atoms with van der Waals surface area (Å²) < 4.78 is 0. The molecule has 0 spiro atoms. The first-order valence-corrected chi connectivity index (χ1v) is 7.81. The smallest absolute Gasteiger partial charge is 0.240 e. The molecule has 1 aliphatic rings. The first-order valence-electron chi connectivity index (χ1n) is 7.43. The van der Waals surface area contributed by atoms with Crippen LogP contribution in [0.5, 0.6) is 0 Å². The second kappa shape index (κ2) is 6.77. The Balaban J connectivity index is 2.00. The molecule has 1 amide bonds. The lowest BCUT2D eigenvalue weighted by atomic mass is 9.99. The summed E-state index contributed by atoms with van der Waals surface area (Å²) >= 11 is 5.90. The zero-order chi connectivity index (χ0) is 15.5. The molecule has 0 aromatic heterocycles. The molecule has 0 unspecified atom stereocenters. The first-order chi connectivity index (χ1) is 9.91. The standard InChI is InChI=1S/C16H24ClN3O/c1-12(13-4-6-14(17)7-5-13)19-15(21)16(2,3)20-10-8-18-9-11-20/h4-7,12,18H,8-11H2,1-3H3,(H,19,21)/t12-/m1/s1. The van der Waals surface area contributed by atoms with Gasteiger partial charge in [-0.1, -0.05) is 23.7 Å². The van der Waals surface area contributed by atoms with Crippen LogP contribution in [0, 0.1) is 0 Å². The number of nitrogens with zero attached hydrogens (tertiary/aromatic N) is 1.